The standard InChI is InChI=1S/C22H26O4/c1-15(2)5-11-19-21(25-3)14-12-18(22(19)26-4)20(24)13-8-16-6-9-17(23)10-7-16/h5-10,12-14,18,22-23H,11H2,1-4H3. The topological polar surface area (TPSA) is 55.8 Å². The number of hydrogen-bond donors (Lipinski definition) is 1. The lowest BCUT2D eigenvalue weighted by atomic mass is 9.84. The Balaban J connectivity index is 2.22. The van der Waals surface area contributed by atoms with E-state index in [2.05, 4.69) is 6.08 Å². The molecule has 2 atom stereocenters. The second-order valence-corrected chi connectivity index (χ2v) is 6.45. The quantitative estimate of drug-likeness (QED) is 0.581. The smallest absolute Gasteiger partial charge is 0.165 e. The van der Waals surface area contributed by atoms with Crippen molar-refractivity contribution in [2.45, 2.75) is 26.4 Å². The minimum Gasteiger partial charge on any atom is -0.508 e. The minimum atomic E-state index is -0.396. The van der Waals surface area contributed by atoms with Crippen molar-refractivity contribution in [3.8, 4) is 5.75 Å². The predicted octanol–water partition coefficient (Wildman–Crippen LogP) is 4.43. The molecule has 26 heavy (non-hydrogen) atoms. The molecular formula is C22H26O4. The van der Waals surface area contributed by atoms with Crippen molar-refractivity contribution in [1.82, 2.24) is 0 Å². The number of carbonyl (C=O) groups excluding carboxylic acids is 1. The van der Waals surface area contributed by atoms with Crippen molar-refractivity contribution >= 4 is 11.9 Å². The van der Waals surface area contributed by atoms with E-state index < -0.39 is 5.92 Å². The van der Waals surface area contributed by atoms with Gasteiger partial charge in [0, 0.05) is 12.7 Å². The maximum absolute atomic E-state index is 12.7. The number of carbonyl (C=O) groups is 1. The van der Waals surface area contributed by atoms with Crippen LogP contribution in [-0.2, 0) is 14.3 Å². The molecule has 1 aliphatic rings. The lowest BCUT2D eigenvalue weighted by Gasteiger charge is -2.28. The van der Waals surface area contributed by atoms with E-state index in [0.717, 1.165) is 16.9 Å². The Morgan fingerprint density at radius 3 is 2.46 bits per heavy atom. The van der Waals surface area contributed by atoms with Gasteiger partial charge in [-0.3, -0.25) is 4.79 Å². The van der Waals surface area contributed by atoms with Crippen molar-refractivity contribution in [2.24, 2.45) is 5.92 Å². The largest absolute Gasteiger partial charge is 0.508 e. The van der Waals surface area contributed by atoms with E-state index in [1.54, 1.807) is 50.6 Å². The number of aromatic hydroxyl groups is 1. The van der Waals surface area contributed by atoms with Crippen molar-refractivity contribution in [3.63, 3.8) is 0 Å². The fraction of sp³-hybridized carbons (Fsp3) is 0.318. The number of benzene rings is 1. The second-order valence-electron chi connectivity index (χ2n) is 6.45. The maximum Gasteiger partial charge on any atom is 0.165 e. The van der Waals surface area contributed by atoms with Crippen LogP contribution in [-0.4, -0.2) is 31.2 Å². The molecular weight excluding hydrogens is 328 g/mol. The van der Waals surface area contributed by atoms with Crippen molar-refractivity contribution in [2.75, 3.05) is 14.2 Å². The lowest BCUT2D eigenvalue weighted by molar-refractivity contribution is -0.119. The first kappa shape index (κ1) is 19.7. The van der Waals surface area contributed by atoms with Crippen LogP contribution in [0.2, 0.25) is 0 Å². The van der Waals surface area contributed by atoms with Crippen LogP contribution in [0, 0.1) is 5.92 Å². The maximum atomic E-state index is 12.7. The molecule has 0 saturated carbocycles. The van der Waals surface area contributed by atoms with Crippen LogP contribution in [0.25, 0.3) is 6.08 Å². The summed E-state index contributed by atoms with van der Waals surface area (Å²) in [5.41, 5.74) is 3.02. The third-order valence-electron chi connectivity index (χ3n) is 4.31. The molecule has 2 unspecified atom stereocenters. The first-order valence-corrected chi connectivity index (χ1v) is 8.58. The summed E-state index contributed by atoms with van der Waals surface area (Å²) in [6, 6.07) is 6.70. The number of allylic oxidation sites excluding steroid dienone is 4. The zero-order chi connectivity index (χ0) is 19.1. The van der Waals surface area contributed by atoms with Gasteiger partial charge in [0.15, 0.2) is 5.78 Å². The Labute approximate surface area is 155 Å². The van der Waals surface area contributed by atoms with E-state index in [-0.39, 0.29) is 17.6 Å². The molecule has 0 saturated heterocycles. The molecule has 1 aliphatic carbocycles. The fourth-order valence-electron chi connectivity index (χ4n) is 2.89. The molecule has 4 nitrogen and oxygen atoms in total. The van der Waals surface area contributed by atoms with Crippen molar-refractivity contribution < 1.29 is 19.4 Å². The van der Waals surface area contributed by atoms with E-state index in [1.807, 2.05) is 26.0 Å². The summed E-state index contributed by atoms with van der Waals surface area (Å²) in [6.45, 7) is 4.08. The molecule has 0 radical (unpaired) electrons. The van der Waals surface area contributed by atoms with Crippen LogP contribution < -0.4 is 0 Å². The van der Waals surface area contributed by atoms with Crippen LogP contribution in [0.4, 0.5) is 0 Å². The van der Waals surface area contributed by atoms with Crippen LogP contribution >= 0.6 is 0 Å². The molecule has 1 N–H and O–H groups in total. The molecule has 0 fully saturated rings. The highest BCUT2D eigenvalue weighted by molar-refractivity contribution is 5.97. The van der Waals surface area contributed by atoms with Gasteiger partial charge in [0.1, 0.15) is 11.5 Å². The fourth-order valence-corrected chi connectivity index (χ4v) is 2.89. The number of methoxy groups -OCH3 is 2. The zero-order valence-corrected chi connectivity index (χ0v) is 15.7. The van der Waals surface area contributed by atoms with E-state index in [9.17, 15) is 9.90 Å². The Bertz CT molecular complexity index is 747. The Kier molecular flexibility index (Phi) is 6.98. The van der Waals surface area contributed by atoms with Gasteiger partial charge in [-0.15, -0.1) is 0 Å². The molecule has 1 aromatic rings. The number of hydrogen-bond acceptors (Lipinski definition) is 4. The van der Waals surface area contributed by atoms with Gasteiger partial charge in [-0.1, -0.05) is 35.9 Å². The van der Waals surface area contributed by atoms with Crippen molar-refractivity contribution in [1.29, 1.82) is 0 Å². The van der Waals surface area contributed by atoms with E-state index in [0.29, 0.717) is 6.42 Å². The molecule has 2 rings (SSSR count). The first-order chi connectivity index (χ1) is 12.5. The van der Waals surface area contributed by atoms with E-state index in [4.69, 9.17) is 9.47 Å². The van der Waals surface area contributed by atoms with Gasteiger partial charge in [-0.2, -0.15) is 0 Å². The van der Waals surface area contributed by atoms with Gasteiger partial charge in [0.05, 0.1) is 19.1 Å². The summed E-state index contributed by atoms with van der Waals surface area (Å²) in [5.74, 6) is 0.518. The lowest BCUT2D eigenvalue weighted by Crippen LogP contribution is -2.32. The van der Waals surface area contributed by atoms with Crippen LogP contribution in [0.1, 0.15) is 25.8 Å². The van der Waals surface area contributed by atoms with Gasteiger partial charge in [0.25, 0.3) is 0 Å². The first-order valence-electron chi connectivity index (χ1n) is 8.58. The summed E-state index contributed by atoms with van der Waals surface area (Å²) in [6.07, 6.45) is 9.41. The van der Waals surface area contributed by atoms with Gasteiger partial charge in [-0.05, 0) is 50.1 Å². The molecule has 138 valence electrons. The zero-order valence-electron chi connectivity index (χ0n) is 15.7. The summed E-state index contributed by atoms with van der Waals surface area (Å²) < 4.78 is 11.1. The minimum absolute atomic E-state index is 0.0361. The third kappa shape index (κ3) is 4.96. The Morgan fingerprint density at radius 2 is 1.88 bits per heavy atom. The highest BCUT2D eigenvalue weighted by Gasteiger charge is 2.32. The highest BCUT2D eigenvalue weighted by Crippen LogP contribution is 2.31. The van der Waals surface area contributed by atoms with E-state index >= 15 is 0 Å². The van der Waals surface area contributed by atoms with Crippen molar-refractivity contribution in [3.05, 3.63) is 71.0 Å². The summed E-state index contributed by atoms with van der Waals surface area (Å²) in [5, 5.41) is 9.33. The number of phenolic OH excluding ortho intramolecular Hbond substituents is 1. The average molecular weight is 354 g/mol. The van der Waals surface area contributed by atoms with Crippen LogP contribution in [0.5, 0.6) is 5.75 Å². The monoisotopic (exact) mass is 354 g/mol. The van der Waals surface area contributed by atoms with Crippen LogP contribution in [0.3, 0.4) is 0 Å². The summed E-state index contributed by atoms with van der Waals surface area (Å²) in [7, 11) is 3.24. The average Bonchev–Trinajstić information content (AvgIpc) is 2.64. The normalized spacial score (nSPS) is 19.7. The van der Waals surface area contributed by atoms with Gasteiger partial charge < -0.3 is 14.6 Å². The molecule has 0 aromatic heterocycles. The Morgan fingerprint density at radius 1 is 1.19 bits per heavy atom. The Hall–Kier alpha value is -2.59. The SMILES string of the molecule is COC1=C(CC=C(C)C)C(OC)C(C(=O)C=Cc2ccc(O)cc2)C=C1. The molecule has 0 heterocycles. The molecule has 0 spiro atoms. The van der Waals surface area contributed by atoms with Gasteiger partial charge in [-0.25, -0.2) is 0 Å². The molecule has 0 aliphatic heterocycles. The predicted molar refractivity (Wildman–Crippen MR) is 104 cm³/mol. The van der Waals surface area contributed by atoms with Crippen LogP contribution in [0.15, 0.2) is 65.5 Å². The molecule has 1 aromatic carbocycles. The number of rotatable bonds is 7. The summed E-state index contributed by atoms with van der Waals surface area (Å²) >= 11 is 0. The van der Waals surface area contributed by atoms with E-state index in [1.165, 1.54) is 5.57 Å². The number of ketones is 1. The highest BCUT2D eigenvalue weighted by atomic mass is 16.5. The molecule has 4 heteroatoms. The van der Waals surface area contributed by atoms with Gasteiger partial charge >= 0.3 is 0 Å². The van der Waals surface area contributed by atoms with Gasteiger partial charge in [0.2, 0.25) is 0 Å². The second kappa shape index (κ2) is 9.20. The molecule has 0 bridgehead atoms. The number of ether oxygens (including phenoxy) is 2. The molecule has 0 amide bonds. The third-order valence-corrected chi connectivity index (χ3v) is 4.31. The summed E-state index contributed by atoms with van der Waals surface area (Å²) in [4.78, 5) is 12.7. The number of phenols is 1.